The first-order valence-corrected chi connectivity index (χ1v) is 8.64. The summed E-state index contributed by atoms with van der Waals surface area (Å²) in [4.78, 5) is 2.31. The van der Waals surface area contributed by atoms with E-state index in [0.717, 1.165) is 32.0 Å². The number of nitrogens with one attached hydrogen (secondary N) is 1. The molecule has 0 aliphatic rings. The Balaban J connectivity index is 2.31. The molecule has 20 heavy (non-hydrogen) atoms. The second kappa shape index (κ2) is 10.1. The lowest BCUT2D eigenvalue weighted by molar-refractivity contribution is 0.244. The predicted octanol–water partition coefficient (Wildman–Crippen LogP) is 2.86. The molecule has 0 unspecified atom stereocenters. The summed E-state index contributed by atoms with van der Waals surface area (Å²) in [6.07, 6.45) is 2.14. The molecule has 0 spiro atoms. The fraction of sp³-hybridized carbons (Fsp3) is 0.625. The van der Waals surface area contributed by atoms with Gasteiger partial charge in [0.1, 0.15) is 12.4 Å². The van der Waals surface area contributed by atoms with E-state index in [0.29, 0.717) is 6.04 Å². The van der Waals surface area contributed by atoms with Gasteiger partial charge >= 0.3 is 0 Å². The van der Waals surface area contributed by atoms with Gasteiger partial charge in [-0.15, -0.1) is 0 Å². The SMILES string of the molecule is CSCCN(C)CCOc1cccc(CNC(C)C)c1. The second-order valence-corrected chi connectivity index (χ2v) is 6.31. The fourth-order valence-corrected chi connectivity index (χ4v) is 2.24. The molecule has 0 heterocycles. The van der Waals surface area contributed by atoms with Crippen molar-refractivity contribution in [3.63, 3.8) is 0 Å². The molecular formula is C16H28N2OS. The lowest BCUT2D eigenvalue weighted by atomic mass is 10.2. The molecule has 0 amide bonds. The van der Waals surface area contributed by atoms with Crippen molar-refractivity contribution < 1.29 is 4.74 Å². The molecule has 1 aromatic rings. The van der Waals surface area contributed by atoms with E-state index in [4.69, 9.17) is 4.74 Å². The largest absolute Gasteiger partial charge is 0.492 e. The summed E-state index contributed by atoms with van der Waals surface area (Å²) in [7, 11) is 2.14. The quantitative estimate of drug-likeness (QED) is 0.717. The van der Waals surface area contributed by atoms with E-state index in [2.05, 4.69) is 55.6 Å². The number of nitrogens with zero attached hydrogens (tertiary/aromatic N) is 1. The molecule has 1 N–H and O–H groups in total. The van der Waals surface area contributed by atoms with Gasteiger partial charge in [-0.1, -0.05) is 26.0 Å². The zero-order valence-corrected chi connectivity index (χ0v) is 14.0. The lowest BCUT2D eigenvalue weighted by Crippen LogP contribution is -2.26. The Kier molecular flexibility index (Phi) is 8.74. The van der Waals surface area contributed by atoms with Gasteiger partial charge in [0.05, 0.1) is 0 Å². The van der Waals surface area contributed by atoms with E-state index < -0.39 is 0 Å². The zero-order chi connectivity index (χ0) is 14.8. The van der Waals surface area contributed by atoms with E-state index in [1.165, 1.54) is 11.3 Å². The average Bonchev–Trinajstić information content (AvgIpc) is 2.43. The van der Waals surface area contributed by atoms with Gasteiger partial charge in [0.15, 0.2) is 0 Å². The predicted molar refractivity (Wildman–Crippen MR) is 89.8 cm³/mol. The van der Waals surface area contributed by atoms with Crippen LogP contribution in [-0.4, -0.2) is 49.7 Å². The van der Waals surface area contributed by atoms with Gasteiger partial charge in [-0.2, -0.15) is 11.8 Å². The van der Waals surface area contributed by atoms with Crippen molar-refractivity contribution >= 4 is 11.8 Å². The van der Waals surface area contributed by atoms with Crippen molar-refractivity contribution in [2.75, 3.05) is 38.8 Å². The number of thioether (sulfide) groups is 1. The van der Waals surface area contributed by atoms with E-state index in [1.54, 1.807) is 0 Å². The van der Waals surface area contributed by atoms with Crippen LogP contribution in [0.2, 0.25) is 0 Å². The van der Waals surface area contributed by atoms with Crippen LogP contribution in [0.15, 0.2) is 24.3 Å². The number of rotatable bonds is 10. The van der Waals surface area contributed by atoms with E-state index in [-0.39, 0.29) is 0 Å². The molecule has 114 valence electrons. The summed E-state index contributed by atoms with van der Waals surface area (Å²) in [6.45, 7) is 8.03. The van der Waals surface area contributed by atoms with Crippen LogP contribution in [0.4, 0.5) is 0 Å². The van der Waals surface area contributed by atoms with Gasteiger partial charge in [0.25, 0.3) is 0 Å². The molecule has 0 saturated carbocycles. The Bertz CT molecular complexity index is 371. The molecule has 4 heteroatoms. The average molecular weight is 296 g/mol. The third kappa shape index (κ3) is 7.78. The highest BCUT2D eigenvalue weighted by Gasteiger charge is 2.01. The van der Waals surface area contributed by atoms with Crippen LogP contribution in [0.5, 0.6) is 5.75 Å². The standard InChI is InChI=1S/C16H28N2OS/c1-14(2)17-13-15-6-5-7-16(12-15)19-10-8-18(3)9-11-20-4/h5-7,12,14,17H,8-11,13H2,1-4H3. The van der Waals surface area contributed by atoms with Crippen LogP contribution in [0.1, 0.15) is 19.4 Å². The van der Waals surface area contributed by atoms with Gasteiger partial charge in [0.2, 0.25) is 0 Å². The first-order chi connectivity index (χ1) is 9.61. The number of hydrogen-bond donors (Lipinski definition) is 1. The van der Waals surface area contributed by atoms with Crippen molar-refractivity contribution in [3.8, 4) is 5.75 Å². The lowest BCUT2D eigenvalue weighted by Gasteiger charge is -2.16. The van der Waals surface area contributed by atoms with Crippen molar-refractivity contribution in [2.24, 2.45) is 0 Å². The molecule has 0 atom stereocenters. The third-order valence-electron chi connectivity index (χ3n) is 3.03. The Labute approximate surface area is 128 Å². The van der Waals surface area contributed by atoms with Crippen LogP contribution in [0.25, 0.3) is 0 Å². The van der Waals surface area contributed by atoms with E-state index in [9.17, 15) is 0 Å². The summed E-state index contributed by atoms with van der Waals surface area (Å²) in [5.41, 5.74) is 1.27. The maximum absolute atomic E-state index is 5.83. The van der Waals surface area contributed by atoms with Crippen molar-refractivity contribution in [1.82, 2.24) is 10.2 Å². The molecule has 0 bridgehead atoms. The van der Waals surface area contributed by atoms with E-state index >= 15 is 0 Å². The highest BCUT2D eigenvalue weighted by atomic mass is 32.2. The molecule has 0 aliphatic heterocycles. The van der Waals surface area contributed by atoms with Crippen LogP contribution in [0, 0.1) is 0 Å². The summed E-state index contributed by atoms with van der Waals surface area (Å²) >= 11 is 1.88. The minimum atomic E-state index is 0.504. The fourth-order valence-electron chi connectivity index (χ4n) is 1.75. The highest BCUT2D eigenvalue weighted by molar-refractivity contribution is 7.98. The molecule has 1 rings (SSSR count). The molecule has 0 fully saturated rings. The number of likely N-dealkylation sites (N-methyl/N-ethyl adjacent to an activating group) is 1. The monoisotopic (exact) mass is 296 g/mol. The Morgan fingerprint density at radius 3 is 2.80 bits per heavy atom. The summed E-state index contributed by atoms with van der Waals surface area (Å²) < 4.78 is 5.83. The highest BCUT2D eigenvalue weighted by Crippen LogP contribution is 2.13. The maximum Gasteiger partial charge on any atom is 0.119 e. The molecule has 0 saturated heterocycles. The Morgan fingerprint density at radius 2 is 2.10 bits per heavy atom. The van der Waals surface area contributed by atoms with Crippen molar-refractivity contribution in [2.45, 2.75) is 26.4 Å². The summed E-state index contributed by atoms with van der Waals surface area (Å²) in [6, 6.07) is 8.85. The Morgan fingerprint density at radius 1 is 1.30 bits per heavy atom. The van der Waals surface area contributed by atoms with Gasteiger partial charge in [-0.05, 0) is 31.0 Å². The molecular weight excluding hydrogens is 268 g/mol. The zero-order valence-electron chi connectivity index (χ0n) is 13.2. The minimum absolute atomic E-state index is 0.504. The van der Waals surface area contributed by atoms with E-state index in [1.807, 2.05) is 17.8 Å². The van der Waals surface area contributed by atoms with Crippen molar-refractivity contribution in [1.29, 1.82) is 0 Å². The molecule has 0 aromatic heterocycles. The molecule has 0 radical (unpaired) electrons. The van der Waals surface area contributed by atoms with Gasteiger partial charge < -0.3 is 15.0 Å². The van der Waals surface area contributed by atoms with Crippen LogP contribution < -0.4 is 10.1 Å². The van der Waals surface area contributed by atoms with Crippen LogP contribution in [-0.2, 0) is 6.54 Å². The van der Waals surface area contributed by atoms with Crippen molar-refractivity contribution in [3.05, 3.63) is 29.8 Å². The van der Waals surface area contributed by atoms with Crippen LogP contribution >= 0.6 is 11.8 Å². The van der Waals surface area contributed by atoms with Crippen LogP contribution in [0.3, 0.4) is 0 Å². The Hall–Kier alpha value is -0.710. The minimum Gasteiger partial charge on any atom is -0.492 e. The normalized spacial score (nSPS) is 11.3. The smallest absolute Gasteiger partial charge is 0.119 e. The number of hydrogen-bond acceptors (Lipinski definition) is 4. The number of benzene rings is 1. The first kappa shape index (κ1) is 17.3. The summed E-state index contributed by atoms with van der Waals surface area (Å²) in [5.74, 6) is 2.14. The van der Waals surface area contributed by atoms with Gasteiger partial charge in [-0.3, -0.25) is 0 Å². The second-order valence-electron chi connectivity index (χ2n) is 5.33. The van der Waals surface area contributed by atoms with Gasteiger partial charge in [0, 0.05) is 31.4 Å². The molecule has 1 aromatic carbocycles. The third-order valence-corrected chi connectivity index (χ3v) is 3.62. The number of ether oxygens (including phenoxy) is 1. The molecule has 3 nitrogen and oxygen atoms in total. The maximum atomic E-state index is 5.83. The topological polar surface area (TPSA) is 24.5 Å². The first-order valence-electron chi connectivity index (χ1n) is 7.24. The summed E-state index contributed by atoms with van der Waals surface area (Å²) in [5, 5.41) is 3.42. The van der Waals surface area contributed by atoms with Gasteiger partial charge in [-0.25, -0.2) is 0 Å². The molecule has 0 aliphatic carbocycles.